The summed E-state index contributed by atoms with van der Waals surface area (Å²) in [5.74, 6) is -0.326. The molecule has 18 heavy (non-hydrogen) atoms. The second kappa shape index (κ2) is 6.01. The van der Waals surface area contributed by atoms with E-state index in [9.17, 15) is 4.79 Å². The number of esters is 1. The van der Waals surface area contributed by atoms with Crippen LogP contribution in [0.2, 0.25) is 0 Å². The molecule has 1 aliphatic rings. The summed E-state index contributed by atoms with van der Waals surface area (Å²) in [7, 11) is 1.38. The van der Waals surface area contributed by atoms with Crippen LogP contribution >= 0.6 is 0 Å². The number of carbonyl (C=O) groups is 1. The molecule has 1 unspecified atom stereocenters. The van der Waals surface area contributed by atoms with E-state index in [4.69, 9.17) is 5.73 Å². The maximum Gasteiger partial charge on any atom is 0.322 e. The van der Waals surface area contributed by atoms with Crippen LogP contribution in [0.1, 0.15) is 36.0 Å². The second-order valence-corrected chi connectivity index (χ2v) is 4.98. The molecule has 0 amide bonds. The molecular formula is C15H21NO2. The third-order valence-corrected chi connectivity index (χ3v) is 3.66. The molecule has 2 N–H and O–H groups in total. The molecule has 1 aromatic carbocycles. The fraction of sp³-hybridized carbons (Fsp3) is 0.533. The van der Waals surface area contributed by atoms with Crippen LogP contribution in [0.4, 0.5) is 0 Å². The van der Waals surface area contributed by atoms with Crippen molar-refractivity contribution in [3.05, 3.63) is 34.9 Å². The maximum atomic E-state index is 11.2. The molecule has 1 atom stereocenters. The van der Waals surface area contributed by atoms with E-state index in [1.165, 1.54) is 49.5 Å². The summed E-state index contributed by atoms with van der Waals surface area (Å²) in [6.45, 7) is 0. The minimum absolute atomic E-state index is 0.326. The number of hydrogen-bond acceptors (Lipinski definition) is 3. The lowest BCUT2D eigenvalue weighted by atomic mass is 9.89. The van der Waals surface area contributed by atoms with Gasteiger partial charge in [0.1, 0.15) is 6.04 Å². The summed E-state index contributed by atoms with van der Waals surface area (Å²) in [6.07, 6.45) is 6.47. The van der Waals surface area contributed by atoms with E-state index in [1.807, 2.05) is 0 Å². The molecule has 0 saturated heterocycles. The van der Waals surface area contributed by atoms with Gasteiger partial charge >= 0.3 is 5.97 Å². The van der Waals surface area contributed by atoms with E-state index in [1.54, 1.807) is 0 Å². The molecule has 1 aliphatic carbocycles. The first-order valence-electron chi connectivity index (χ1n) is 6.65. The minimum atomic E-state index is -0.508. The summed E-state index contributed by atoms with van der Waals surface area (Å²) in [5, 5.41) is 0. The minimum Gasteiger partial charge on any atom is -0.468 e. The number of ether oxygens (including phenoxy) is 1. The molecule has 3 nitrogen and oxygen atoms in total. The molecule has 0 heterocycles. The molecule has 0 aromatic heterocycles. The first kappa shape index (κ1) is 13.1. The van der Waals surface area contributed by atoms with Crippen molar-refractivity contribution in [3.63, 3.8) is 0 Å². The van der Waals surface area contributed by atoms with Crippen molar-refractivity contribution in [3.8, 4) is 0 Å². The number of benzene rings is 1. The summed E-state index contributed by atoms with van der Waals surface area (Å²) in [6, 6.07) is 6.16. The zero-order valence-corrected chi connectivity index (χ0v) is 10.9. The van der Waals surface area contributed by atoms with Crippen LogP contribution in [-0.4, -0.2) is 19.1 Å². The van der Waals surface area contributed by atoms with Crippen LogP contribution in [-0.2, 0) is 28.8 Å². The second-order valence-electron chi connectivity index (χ2n) is 4.98. The van der Waals surface area contributed by atoms with Gasteiger partial charge in [0, 0.05) is 0 Å². The predicted molar refractivity (Wildman–Crippen MR) is 71.4 cm³/mol. The van der Waals surface area contributed by atoms with Gasteiger partial charge in [-0.15, -0.1) is 0 Å². The van der Waals surface area contributed by atoms with Gasteiger partial charge in [-0.1, -0.05) is 18.2 Å². The molecule has 98 valence electrons. The van der Waals surface area contributed by atoms with Crippen LogP contribution in [0.25, 0.3) is 0 Å². The first-order valence-corrected chi connectivity index (χ1v) is 6.65. The van der Waals surface area contributed by atoms with E-state index in [2.05, 4.69) is 22.9 Å². The van der Waals surface area contributed by atoms with Crippen molar-refractivity contribution < 1.29 is 9.53 Å². The normalized spacial score (nSPS) is 15.9. The van der Waals surface area contributed by atoms with Gasteiger partial charge in [-0.3, -0.25) is 4.79 Å². The highest BCUT2D eigenvalue weighted by atomic mass is 16.5. The third kappa shape index (κ3) is 3.10. The Kier molecular flexibility index (Phi) is 4.37. The van der Waals surface area contributed by atoms with E-state index < -0.39 is 6.04 Å². The van der Waals surface area contributed by atoms with Gasteiger partial charge in [0.2, 0.25) is 0 Å². The topological polar surface area (TPSA) is 52.3 Å². The van der Waals surface area contributed by atoms with Crippen molar-refractivity contribution >= 4 is 5.97 Å². The molecule has 1 aromatic rings. The van der Waals surface area contributed by atoms with E-state index >= 15 is 0 Å². The summed E-state index contributed by atoms with van der Waals surface area (Å²) in [5.41, 5.74) is 9.98. The highest BCUT2D eigenvalue weighted by molar-refractivity contribution is 5.75. The van der Waals surface area contributed by atoms with Crippen LogP contribution < -0.4 is 5.73 Å². The Labute approximate surface area is 108 Å². The molecule has 0 spiro atoms. The highest BCUT2D eigenvalue weighted by Crippen LogP contribution is 2.22. The fourth-order valence-electron chi connectivity index (χ4n) is 2.53. The zero-order valence-electron chi connectivity index (χ0n) is 10.9. The lowest BCUT2D eigenvalue weighted by Gasteiger charge is -2.17. The fourth-order valence-corrected chi connectivity index (χ4v) is 2.53. The van der Waals surface area contributed by atoms with Crippen molar-refractivity contribution in [2.24, 2.45) is 5.73 Å². The Bertz CT molecular complexity index is 429. The summed E-state index contributed by atoms with van der Waals surface area (Å²) < 4.78 is 4.63. The Hall–Kier alpha value is -1.35. The van der Waals surface area contributed by atoms with Crippen LogP contribution in [0, 0.1) is 0 Å². The average molecular weight is 247 g/mol. The molecule has 2 rings (SSSR count). The molecule has 0 fully saturated rings. The van der Waals surface area contributed by atoms with Gasteiger partial charge in [0.25, 0.3) is 0 Å². The molecule has 0 aliphatic heterocycles. The lowest BCUT2D eigenvalue weighted by Crippen LogP contribution is -2.31. The number of carbonyl (C=O) groups excluding carboxylic acids is 1. The average Bonchev–Trinajstić information content (AvgIpc) is 2.43. The van der Waals surface area contributed by atoms with Crippen molar-refractivity contribution in [1.82, 2.24) is 0 Å². The maximum absolute atomic E-state index is 11.2. The molecule has 0 saturated carbocycles. The Morgan fingerprint density at radius 3 is 2.78 bits per heavy atom. The number of nitrogens with two attached hydrogens (primary N) is 1. The summed E-state index contributed by atoms with van der Waals surface area (Å²) in [4.78, 5) is 11.2. The van der Waals surface area contributed by atoms with Gasteiger partial charge in [-0.2, -0.15) is 0 Å². The molecular weight excluding hydrogens is 226 g/mol. The van der Waals surface area contributed by atoms with Gasteiger partial charge in [-0.25, -0.2) is 0 Å². The first-order chi connectivity index (χ1) is 8.70. The Morgan fingerprint density at radius 1 is 1.33 bits per heavy atom. The van der Waals surface area contributed by atoms with Crippen molar-refractivity contribution in [2.75, 3.05) is 7.11 Å². The summed E-state index contributed by atoms with van der Waals surface area (Å²) >= 11 is 0. The smallest absolute Gasteiger partial charge is 0.322 e. The van der Waals surface area contributed by atoms with Gasteiger partial charge in [0.15, 0.2) is 0 Å². The monoisotopic (exact) mass is 247 g/mol. The number of hydrogen-bond donors (Lipinski definition) is 1. The van der Waals surface area contributed by atoms with Crippen LogP contribution in [0.15, 0.2) is 18.2 Å². The largest absolute Gasteiger partial charge is 0.468 e. The molecule has 3 heteroatoms. The predicted octanol–water partition coefficient (Wildman–Crippen LogP) is 2.00. The van der Waals surface area contributed by atoms with Gasteiger partial charge < -0.3 is 10.5 Å². The standard InChI is InChI=1S/C15H21NO2/c1-18-15(17)14(16)9-7-11-6-8-12-4-2-3-5-13(12)10-11/h6,8,10,14H,2-5,7,9,16H2,1H3. The van der Waals surface area contributed by atoms with E-state index in [0.29, 0.717) is 6.42 Å². The van der Waals surface area contributed by atoms with Crippen LogP contribution in [0.5, 0.6) is 0 Å². The zero-order chi connectivity index (χ0) is 13.0. The Balaban J connectivity index is 1.96. The van der Waals surface area contributed by atoms with Gasteiger partial charge in [0.05, 0.1) is 7.11 Å². The highest BCUT2D eigenvalue weighted by Gasteiger charge is 2.14. The van der Waals surface area contributed by atoms with Gasteiger partial charge in [-0.05, 0) is 55.2 Å². The lowest BCUT2D eigenvalue weighted by molar-refractivity contribution is -0.142. The van der Waals surface area contributed by atoms with Crippen molar-refractivity contribution in [1.29, 1.82) is 0 Å². The number of aryl methyl sites for hydroxylation is 3. The third-order valence-electron chi connectivity index (χ3n) is 3.66. The Morgan fingerprint density at radius 2 is 2.06 bits per heavy atom. The molecule has 0 radical (unpaired) electrons. The van der Waals surface area contributed by atoms with Crippen LogP contribution in [0.3, 0.4) is 0 Å². The molecule has 0 bridgehead atoms. The SMILES string of the molecule is COC(=O)C(N)CCc1ccc2c(c1)CCCC2. The quantitative estimate of drug-likeness (QED) is 0.828. The number of methoxy groups -OCH3 is 1. The van der Waals surface area contributed by atoms with Crippen molar-refractivity contribution in [2.45, 2.75) is 44.6 Å². The number of fused-ring (bicyclic) bond motifs is 1. The number of rotatable bonds is 4. The van der Waals surface area contributed by atoms with E-state index in [-0.39, 0.29) is 5.97 Å². The van der Waals surface area contributed by atoms with E-state index in [0.717, 1.165) is 6.42 Å².